The molecule has 3 rings (SSSR count). The van der Waals surface area contributed by atoms with Crippen LogP contribution in [-0.4, -0.2) is 19.7 Å². The van der Waals surface area contributed by atoms with Crippen LogP contribution in [-0.2, 0) is 0 Å². The fraction of sp³-hybridized carbons (Fsp3) is 0.273. The number of benzene rings is 1. The Hall–Kier alpha value is -2.16. The second-order valence-corrected chi connectivity index (χ2v) is 5.46. The van der Waals surface area contributed by atoms with Crippen molar-refractivity contribution in [3.63, 3.8) is 0 Å². The van der Waals surface area contributed by atoms with Gasteiger partial charge in [0.05, 0.1) is 11.0 Å². The lowest BCUT2D eigenvalue weighted by atomic mass is 10.3. The first-order valence-electron chi connectivity index (χ1n) is 5.84. The van der Waals surface area contributed by atoms with Gasteiger partial charge in [-0.25, -0.2) is 14.3 Å². The van der Waals surface area contributed by atoms with Crippen LogP contribution in [0, 0.1) is 15.9 Å². The lowest BCUT2D eigenvalue weighted by Crippen LogP contribution is -2.15. The number of H-pyrrole nitrogens is 1. The SMILES string of the molecule is O=c1[nH]nc(Sc2cc(F)cc([N+](=O)[O-])c2)n1C1CC1. The van der Waals surface area contributed by atoms with Crippen molar-refractivity contribution in [2.45, 2.75) is 28.9 Å². The highest BCUT2D eigenvalue weighted by atomic mass is 32.2. The minimum absolute atomic E-state index is 0.118. The molecule has 0 unspecified atom stereocenters. The van der Waals surface area contributed by atoms with Gasteiger partial charge >= 0.3 is 5.69 Å². The molecule has 0 amide bonds. The summed E-state index contributed by atoms with van der Waals surface area (Å²) in [6, 6.07) is 3.40. The molecule has 2 aromatic rings. The van der Waals surface area contributed by atoms with Gasteiger partial charge in [0.1, 0.15) is 5.82 Å². The predicted octanol–water partition coefficient (Wildman–Crippen LogP) is 2.10. The molecule has 104 valence electrons. The third-order valence-electron chi connectivity index (χ3n) is 2.86. The molecule has 0 spiro atoms. The first-order chi connectivity index (χ1) is 9.54. The molecule has 0 bridgehead atoms. The molecule has 1 aromatic heterocycles. The Morgan fingerprint density at radius 2 is 2.20 bits per heavy atom. The van der Waals surface area contributed by atoms with E-state index >= 15 is 0 Å². The summed E-state index contributed by atoms with van der Waals surface area (Å²) < 4.78 is 14.9. The summed E-state index contributed by atoms with van der Waals surface area (Å²) in [6.07, 6.45) is 1.80. The van der Waals surface area contributed by atoms with Crippen molar-refractivity contribution >= 4 is 17.4 Å². The van der Waals surface area contributed by atoms with E-state index < -0.39 is 10.7 Å². The normalized spacial score (nSPS) is 14.4. The number of hydrogen-bond donors (Lipinski definition) is 1. The quantitative estimate of drug-likeness (QED) is 0.688. The largest absolute Gasteiger partial charge is 0.344 e. The van der Waals surface area contributed by atoms with Gasteiger partial charge in [0.2, 0.25) is 0 Å². The van der Waals surface area contributed by atoms with Gasteiger partial charge in [-0.15, -0.1) is 5.10 Å². The van der Waals surface area contributed by atoms with Crippen LogP contribution >= 0.6 is 11.8 Å². The van der Waals surface area contributed by atoms with Gasteiger partial charge in [0, 0.05) is 17.0 Å². The number of nitrogens with zero attached hydrogens (tertiary/aromatic N) is 3. The fourth-order valence-electron chi connectivity index (χ4n) is 1.83. The van der Waals surface area contributed by atoms with Crippen LogP contribution < -0.4 is 5.69 Å². The molecule has 1 aliphatic carbocycles. The Bertz CT molecular complexity index is 738. The Morgan fingerprint density at radius 1 is 1.45 bits per heavy atom. The first kappa shape index (κ1) is 12.9. The van der Waals surface area contributed by atoms with E-state index in [2.05, 4.69) is 10.2 Å². The van der Waals surface area contributed by atoms with Crippen molar-refractivity contribution in [3.8, 4) is 0 Å². The minimum atomic E-state index is -0.697. The maximum atomic E-state index is 13.4. The summed E-state index contributed by atoms with van der Waals surface area (Å²) in [6.45, 7) is 0. The second kappa shape index (κ2) is 4.75. The number of hydrogen-bond acceptors (Lipinski definition) is 5. The highest BCUT2D eigenvalue weighted by Crippen LogP contribution is 2.38. The summed E-state index contributed by atoms with van der Waals surface area (Å²) >= 11 is 1.03. The molecule has 7 nitrogen and oxygen atoms in total. The maximum absolute atomic E-state index is 13.4. The summed E-state index contributed by atoms with van der Waals surface area (Å²) in [7, 11) is 0. The van der Waals surface area contributed by atoms with E-state index in [1.54, 1.807) is 0 Å². The number of non-ortho nitro benzene ring substituents is 1. The highest BCUT2D eigenvalue weighted by molar-refractivity contribution is 7.99. The Kier molecular flexibility index (Phi) is 3.05. The fourth-order valence-corrected chi connectivity index (χ4v) is 2.82. The Labute approximate surface area is 116 Å². The van der Waals surface area contributed by atoms with Crippen LogP contribution in [0.25, 0.3) is 0 Å². The molecule has 20 heavy (non-hydrogen) atoms. The van der Waals surface area contributed by atoms with Gasteiger partial charge in [-0.2, -0.15) is 0 Å². The van der Waals surface area contributed by atoms with Gasteiger partial charge in [-0.1, -0.05) is 0 Å². The van der Waals surface area contributed by atoms with Crippen LogP contribution in [0.3, 0.4) is 0 Å². The van der Waals surface area contributed by atoms with Gasteiger partial charge in [-0.3, -0.25) is 14.7 Å². The summed E-state index contributed by atoms with van der Waals surface area (Å²) in [5.41, 5.74) is -0.649. The summed E-state index contributed by atoms with van der Waals surface area (Å²) in [5.74, 6) is -0.697. The average molecular weight is 296 g/mol. The van der Waals surface area contributed by atoms with E-state index in [1.165, 1.54) is 16.7 Å². The number of halogens is 1. The van der Waals surface area contributed by atoms with Crippen molar-refractivity contribution in [2.75, 3.05) is 0 Å². The molecule has 1 saturated carbocycles. The molecule has 1 N–H and O–H groups in total. The molecule has 9 heteroatoms. The molecule has 0 radical (unpaired) electrons. The van der Waals surface area contributed by atoms with E-state index in [9.17, 15) is 19.3 Å². The van der Waals surface area contributed by atoms with Gasteiger partial charge in [0.25, 0.3) is 5.69 Å². The third-order valence-corrected chi connectivity index (χ3v) is 3.80. The topological polar surface area (TPSA) is 93.8 Å². The number of rotatable bonds is 4. The zero-order chi connectivity index (χ0) is 14.3. The predicted molar refractivity (Wildman–Crippen MR) is 68.3 cm³/mol. The molecular formula is C11H9FN4O3S. The standard InChI is InChI=1S/C11H9FN4O3S/c12-6-3-8(16(18)19)5-9(4-6)20-11-14-13-10(17)15(11)7-1-2-7/h3-5,7H,1-2H2,(H,13,17). The monoisotopic (exact) mass is 296 g/mol. The minimum Gasteiger partial charge on any atom is -0.267 e. The van der Waals surface area contributed by atoms with Crippen molar-refractivity contribution in [1.29, 1.82) is 0 Å². The average Bonchev–Trinajstić information content (AvgIpc) is 3.14. The van der Waals surface area contributed by atoms with Crippen LogP contribution in [0.4, 0.5) is 10.1 Å². The molecule has 1 aromatic carbocycles. The maximum Gasteiger partial charge on any atom is 0.344 e. The Morgan fingerprint density at radius 3 is 2.85 bits per heavy atom. The van der Waals surface area contributed by atoms with Gasteiger partial charge < -0.3 is 0 Å². The lowest BCUT2D eigenvalue weighted by molar-refractivity contribution is -0.385. The van der Waals surface area contributed by atoms with E-state index in [4.69, 9.17) is 0 Å². The zero-order valence-corrected chi connectivity index (χ0v) is 10.9. The van der Waals surface area contributed by atoms with Gasteiger partial charge in [-0.05, 0) is 30.7 Å². The van der Waals surface area contributed by atoms with Crippen LogP contribution in [0.15, 0.2) is 33.0 Å². The molecule has 0 atom stereocenters. The zero-order valence-electron chi connectivity index (χ0n) is 10.1. The Balaban J connectivity index is 1.95. The number of nitro benzene ring substituents is 1. The molecule has 1 aliphatic rings. The van der Waals surface area contributed by atoms with Gasteiger partial charge in [0.15, 0.2) is 5.16 Å². The van der Waals surface area contributed by atoms with Crippen molar-refractivity contribution in [2.24, 2.45) is 0 Å². The highest BCUT2D eigenvalue weighted by Gasteiger charge is 2.29. The van der Waals surface area contributed by atoms with Crippen LogP contribution in [0.2, 0.25) is 0 Å². The molecular weight excluding hydrogens is 287 g/mol. The van der Waals surface area contributed by atoms with E-state index in [0.29, 0.717) is 10.1 Å². The summed E-state index contributed by atoms with van der Waals surface area (Å²) in [5, 5.41) is 17.3. The van der Waals surface area contributed by atoms with Crippen LogP contribution in [0.1, 0.15) is 18.9 Å². The van der Waals surface area contributed by atoms with E-state index in [1.807, 2.05) is 0 Å². The molecule has 1 heterocycles. The number of nitrogens with one attached hydrogen (secondary N) is 1. The van der Waals surface area contributed by atoms with Crippen molar-refractivity contribution in [1.82, 2.24) is 14.8 Å². The lowest BCUT2D eigenvalue weighted by Gasteiger charge is -2.03. The van der Waals surface area contributed by atoms with Crippen molar-refractivity contribution in [3.05, 3.63) is 44.6 Å². The molecule has 0 aliphatic heterocycles. The third kappa shape index (κ3) is 2.44. The van der Waals surface area contributed by atoms with E-state index in [-0.39, 0.29) is 17.4 Å². The first-order valence-corrected chi connectivity index (χ1v) is 6.66. The van der Waals surface area contributed by atoms with Crippen LogP contribution in [0.5, 0.6) is 0 Å². The number of nitro groups is 1. The molecule has 1 fully saturated rings. The van der Waals surface area contributed by atoms with E-state index in [0.717, 1.165) is 30.7 Å². The summed E-state index contributed by atoms with van der Waals surface area (Å²) in [4.78, 5) is 22.0. The molecule has 0 saturated heterocycles. The van der Waals surface area contributed by atoms with Crippen molar-refractivity contribution < 1.29 is 9.31 Å². The number of aromatic nitrogens is 3. The second-order valence-electron chi connectivity index (χ2n) is 4.42. The number of aromatic amines is 1. The smallest absolute Gasteiger partial charge is 0.267 e.